The van der Waals surface area contributed by atoms with Crippen molar-refractivity contribution < 1.29 is 14.3 Å². The first-order valence-corrected chi connectivity index (χ1v) is 10.1. The first-order valence-electron chi connectivity index (χ1n) is 9.24. The molecule has 2 aliphatic rings. The molecule has 1 aromatic heterocycles. The van der Waals surface area contributed by atoms with Crippen LogP contribution in [0.2, 0.25) is 0 Å². The molecule has 3 rings (SSSR count). The number of esters is 1. The van der Waals surface area contributed by atoms with Crippen molar-refractivity contribution in [2.75, 3.05) is 31.6 Å². The van der Waals surface area contributed by atoms with Crippen molar-refractivity contribution in [3.63, 3.8) is 0 Å². The molecule has 0 bridgehead atoms. The van der Waals surface area contributed by atoms with Gasteiger partial charge in [0.25, 0.3) is 0 Å². The zero-order chi connectivity index (χ0) is 19.9. The number of carbonyl (C=O) groups is 2. The van der Waals surface area contributed by atoms with Crippen LogP contribution in [0.25, 0.3) is 5.70 Å². The molecular formula is C18H24N6O3S. The van der Waals surface area contributed by atoms with Crippen LogP contribution in [-0.4, -0.2) is 53.0 Å². The van der Waals surface area contributed by atoms with Crippen LogP contribution >= 0.6 is 11.8 Å². The van der Waals surface area contributed by atoms with Crippen molar-refractivity contribution in [2.24, 2.45) is 5.73 Å². The molecule has 0 atom stereocenters. The highest BCUT2D eigenvalue weighted by atomic mass is 32.2. The summed E-state index contributed by atoms with van der Waals surface area (Å²) in [7, 11) is 0. The van der Waals surface area contributed by atoms with E-state index in [-0.39, 0.29) is 5.91 Å². The first-order chi connectivity index (χ1) is 13.6. The summed E-state index contributed by atoms with van der Waals surface area (Å²) in [6.45, 7) is 4.31. The van der Waals surface area contributed by atoms with Gasteiger partial charge in [-0.1, -0.05) is 11.8 Å². The van der Waals surface area contributed by atoms with Crippen molar-refractivity contribution in [3.8, 4) is 0 Å². The van der Waals surface area contributed by atoms with Crippen molar-refractivity contribution in [1.82, 2.24) is 20.2 Å². The van der Waals surface area contributed by atoms with E-state index in [0.29, 0.717) is 47.6 Å². The normalized spacial score (nSPS) is 18.0. The van der Waals surface area contributed by atoms with Crippen LogP contribution in [-0.2, 0) is 14.3 Å². The predicted octanol–water partition coefficient (Wildman–Crippen LogP) is 1.23. The molecule has 28 heavy (non-hydrogen) atoms. The number of hydrogen-bond acceptors (Lipinski definition) is 9. The van der Waals surface area contributed by atoms with Gasteiger partial charge in [-0.15, -0.1) is 0 Å². The van der Waals surface area contributed by atoms with Crippen molar-refractivity contribution in [3.05, 3.63) is 34.1 Å². The molecule has 1 aromatic rings. The average molecular weight is 404 g/mol. The highest BCUT2D eigenvalue weighted by molar-refractivity contribution is 8.06. The maximum Gasteiger partial charge on any atom is 0.355 e. The third-order valence-electron chi connectivity index (χ3n) is 4.27. The van der Waals surface area contributed by atoms with Gasteiger partial charge < -0.3 is 26.0 Å². The predicted molar refractivity (Wildman–Crippen MR) is 108 cm³/mol. The van der Waals surface area contributed by atoms with Gasteiger partial charge in [-0.3, -0.25) is 4.79 Å². The maximum atomic E-state index is 11.8. The lowest BCUT2D eigenvalue weighted by Crippen LogP contribution is -2.27. The minimum Gasteiger partial charge on any atom is -0.461 e. The van der Waals surface area contributed by atoms with Crippen LogP contribution in [0.4, 0.5) is 5.95 Å². The number of carbonyl (C=O) groups excluding carboxylic acids is 2. The van der Waals surface area contributed by atoms with E-state index >= 15 is 0 Å². The third-order valence-corrected chi connectivity index (χ3v) is 5.18. The fourth-order valence-corrected chi connectivity index (χ4v) is 3.65. The Hall–Kier alpha value is -2.75. The summed E-state index contributed by atoms with van der Waals surface area (Å²) in [5.74, 6) is 0.282. The van der Waals surface area contributed by atoms with Gasteiger partial charge in [0.15, 0.2) is 0 Å². The van der Waals surface area contributed by atoms with E-state index in [0.717, 1.165) is 25.9 Å². The fourth-order valence-electron chi connectivity index (χ4n) is 2.86. The van der Waals surface area contributed by atoms with Crippen LogP contribution in [0.5, 0.6) is 0 Å². The highest BCUT2D eigenvalue weighted by Crippen LogP contribution is 2.29. The monoisotopic (exact) mass is 404 g/mol. The molecule has 0 unspecified atom stereocenters. The quantitative estimate of drug-likeness (QED) is 0.433. The summed E-state index contributed by atoms with van der Waals surface area (Å²) in [4.78, 5) is 33.9. The third kappa shape index (κ3) is 4.94. The molecule has 1 fully saturated rings. The lowest BCUT2D eigenvalue weighted by atomic mass is 10.3. The van der Waals surface area contributed by atoms with E-state index in [2.05, 4.69) is 20.6 Å². The SMILES string of the molecule is CCOC(=O)C1=CS/C(=C(/N)c2ccnc(NCCCN3CCCC3=O)n2)N1. The standard InChI is InChI=1S/C18H24N6O3S/c1-2-27-17(26)13-11-28-16(22-13)15(19)12-6-8-21-18(23-12)20-7-4-10-24-9-3-5-14(24)25/h6,8,11,22H,2-5,7,9-10,19H2,1H3,(H,20,21,23)/b16-15+. The Balaban J connectivity index is 1.54. The Morgan fingerprint density at radius 1 is 1.50 bits per heavy atom. The molecule has 2 aliphatic heterocycles. The first kappa shape index (κ1) is 20.0. The van der Waals surface area contributed by atoms with E-state index in [1.165, 1.54) is 11.8 Å². The number of likely N-dealkylation sites (tertiary alicyclic amines) is 1. The molecule has 0 radical (unpaired) electrons. The summed E-state index contributed by atoms with van der Waals surface area (Å²) in [6.07, 6.45) is 4.05. The fraction of sp³-hybridized carbons (Fsp3) is 0.444. The molecule has 0 saturated carbocycles. The molecule has 1 amide bonds. The Kier molecular flexibility index (Phi) is 6.75. The molecule has 10 heteroatoms. The van der Waals surface area contributed by atoms with Crippen LogP contribution in [0.3, 0.4) is 0 Å². The minimum absolute atomic E-state index is 0.231. The second-order valence-corrected chi connectivity index (χ2v) is 7.15. The van der Waals surface area contributed by atoms with Gasteiger partial charge in [-0.05, 0) is 25.8 Å². The Bertz CT molecular complexity index is 810. The van der Waals surface area contributed by atoms with E-state index in [4.69, 9.17) is 10.5 Å². The number of nitrogens with two attached hydrogens (primary N) is 1. The number of thioether (sulfide) groups is 1. The van der Waals surface area contributed by atoms with Gasteiger partial charge in [0, 0.05) is 37.7 Å². The zero-order valence-corrected chi connectivity index (χ0v) is 16.6. The number of nitrogens with zero attached hydrogens (tertiary/aromatic N) is 3. The number of anilines is 1. The maximum absolute atomic E-state index is 11.8. The van der Waals surface area contributed by atoms with Gasteiger partial charge in [0.1, 0.15) is 10.7 Å². The van der Waals surface area contributed by atoms with Crippen molar-refractivity contribution in [1.29, 1.82) is 0 Å². The molecule has 0 spiro atoms. The molecule has 150 valence electrons. The summed E-state index contributed by atoms with van der Waals surface area (Å²) >= 11 is 1.31. The molecule has 4 N–H and O–H groups in total. The second-order valence-electron chi connectivity index (χ2n) is 6.27. The van der Waals surface area contributed by atoms with Gasteiger partial charge in [-0.25, -0.2) is 14.8 Å². The lowest BCUT2D eigenvalue weighted by Gasteiger charge is -2.15. The molecule has 1 saturated heterocycles. The van der Waals surface area contributed by atoms with Gasteiger partial charge in [-0.2, -0.15) is 0 Å². The van der Waals surface area contributed by atoms with Gasteiger partial charge in [0.2, 0.25) is 11.9 Å². The van der Waals surface area contributed by atoms with Crippen LogP contribution in [0, 0.1) is 0 Å². The topological polar surface area (TPSA) is 122 Å². The second kappa shape index (κ2) is 9.45. The van der Waals surface area contributed by atoms with Crippen molar-refractivity contribution >= 4 is 35.3 Å². The summed E-state index contributed by atoms with van der Waals surface area (Å²) in [5, 5.41) is 8.42. The molecule has 0 aliphatic carbocycles. The summed E-state index contributed by atoms with van der Waals surface area (Å²) in [6, 6.07) is 1.71. The summed E-state index contributed by atoms with van der Waals surface area (Å²) in [5.41, 5.74) is 7.54. The van der Waals surface area contributed by atoms with Gasteiger partial charge in [0.05, 0.1) is 18.0 Å². The van der Waals surface area contributed by atoms with E-state index in [1.54, 1.807) is 24.6 Å². The Morgan fingerprint density at radius 2 is 2.36 bits per heavy atom. The van der Waals surface area contributed by atoms with Crippen LogP contribution in [0.15, 0.2) is 28.4 Å². The molecule has 0 aromatic carbocycles. The van der Waals surface area contributed by atoms with E-state index in [9.17, 15) is 9.59 Å². The number of amides is 1. The van der Waals surface area contributed by atoms with E-state index in [1.807, 2.05) is 4.90 Å². The number of nitrogens with one attached hydrogen (secondary N) is 2. The Morgan fingerprint density at radius 3 is 3.11 bits per heavy atom. The number of rotatable bonds is 8. The van der Waals surface area contributed by atoms with Crippen LogP contribution in [0.1, 0.15) is 31.9 Å². The van der Waals surface area contributed by atoms with Crippen LogP contribution < -0.4 is 16.4 Å². The highest BCUT2D eigenvalue weighted by Gasteiger charge is 2.21. The van der Waals surface area contributed by atoms with Crippen molar-refractivity contribution in [2.45, 2.75) is 26.2 Å². The smallest absolute Gasteiger partial charge is 0.355 e. The summed E-state index contributed by atoms with van der Waals surface area (Å²) < 4.78 is 4.97. The molecule has 9 nitrogen and oxygen atoms in total. The zero-order valence-electron chi connectivity index (χ0n) is 15.7. The Labute approximate surface area is 167 Å². The number of aromatic nitrogens is 2. The number of hydrogen-bond donors (Lipinski definition) is 3. The average Bonchev–Trinajstić information content (AvgIpc) is 3.35. The lowest BCUT2D eigenvalue weighted by molar-refractivity contribution is -0.138. The number of ether oxygens (including phenoxy) is 1. The largest absolute Gasteiger partial charge is 0.461 e. The van der Waals surface area contributed by atoms with E-state index < -0.39 is 5.97 Å². The van der Waals surface area contributed by atoms with Gasteiger partial charge >= 0.3 is 5.97 Å². The minimum atomic E-state index is -0.417. The molecular weight excluding hydrogens is 380 g/mol. The molecule has 3 heterocycles.